The molecule has 6 nitrogen and oxygen atoms in total. The number of nitrogens with one attached hydrogen (secondary N) is 1. The van der Waals surface area contributed by atoms with E-state index in [9.17, 15) is 10.1 Å². The molecule has 0 spiro atoms. The maximum absolute atomic E-state index is 10.9. The van der Waals surface area contributed by atoms with Crippen LogP contribution in [-0.4, -0.2) is 22.5 Å². The summed E-state index contributed by atoms with van der Waals surface area (Å²) in [6.45, 7) is 2.28. The first-order valence-electron chi connectivity index (χ1n) is 5.70. The molecule has 0 aliphatic heterocycles. The van der Waals surface area contributed by atoms with Crippen LogP contribution in [0, 0.1) is 23.0 Å². The van der Waals surface area contributed by atoms with Crippen LogP contribution in [0.5, 0.6) is 0 Å². The minimum Gasteiger partial charge on any atom is -0.360 e. The molecule has 1 unspecified atom stereocenters. The van der Waals surface area contributed by atoms with Gasteiger partial charge in [-0.1, -0.05) is 0 Å². The van der Waals surface area contributed by atoms with E-state index in [1.807, 2.05) is 6.92 Å². The lowest BCUT2D eigenvalue weighted by Gasteiger charge is -2.16. The molecule has 0 radical (unpaired) electrons. The third-order valence-electron chi connectivity index (χ3n) is 2.98. The van der Waals surface area contributed by atoms with E-state index < -0.39 is 4.92 Å². The maximum Gasteiger partial charge on any atom is 0.311 e. The Balaban J connectivity index is 2.22. The van der Waals surface area contributed by atoms with Crippen LogP contribution in [-0.2, 0) is 0 Å². The second-order valence-electron chi connectivity index (χ2n) is 4.40. The highest BCUT2D eigenvalue weighted by atomic mass is 16.6. The molecule has 1 aliphatic carbocycles. The van der Waals surface area contributed by atoms with Crippen LogP contribution in [0.4, 0.5) is 11.5 Å². The lowest BCUT2D eigenvalue weighted by Crippen LogP contribution is -2.31. The predicted octanol–water partition coefficient (Wildman–Crippen LogP) is 1.45. The molecular weight excluding hydrogens is 220 g/mol. The van der Waals surface area contributed by atoms with Gasteiger partial charge < -0.3 is 11.1 Å². The van der Waals surface area contributed by atoms with Crippen LogP contribution < -0.4 is 11.1 Å². The van der Waals surface area contributed by atoms with Gasteiger partial charge in [0, 0.05) is 24.3 Å². The molecule has 2 rings (SSSR count). The number of pyridine rings is 1. The topological polar surface area (TPSA) is 94.1 Å². The highest BCUT2D eigenvalue weighted by Crippen LogP contribution is 2.34. The highest BCUT2D eigenvalue weighted by molar-refractivity contribution is 5.56. The number of rotatable bonds is 5. The van der Waals surface area contributed by atoms with Gasteiger partial charge >= 0.3 is 5.69 Å². The predicted molar refractivity (Wildman–Crippen MR) is 64.8 cm³/mol. The minimum absolute atomic E-state index is 0.00898. The lowest BCUT2D eigenvalue weighted by molar-refractivity contribution is -0.384. The average molecular weight is 236 g/mol. The number of nitrogens with zero attached hydrogens (tertiary/aromatic N) is 2. The number of hydrogen-bond acceptors (Lipinski definition) is 5. The van der Waals surface area contributed by atoms with Gasteiger partial charge in [0.1, 0.15) is 0 Å². The normalized spacial score (nSPS) is 16.6. The van der Waals surface area contributed by atoms with Crippen molar-refractivity contribution in [3.05, 3.63) is 27.9 Å². The van der Waals surface area contributed by atoms with Crippen LogP contribution in [0.25, 0.3) is 0 Å². The van der Waals surface area contributed by atoms with Gasteiger partial charge in [-0.2, -0.15) is 0 Å². The fourth-order valence-electron chi connectivity index (χ4n) is 1.85. The van der Waals surface area contributed by atoms with E-state index in [0.717, 1.165) is 18.5 Å². The third kappa shape index (κ3) is 2.71. The number of aryl methyl sites for hydroxylation is 1. The first-order valence-corrected chi connectivity index (χ1v) is 5.70. The Morgan fingerprint density at radius 1 is 1.65 bits per heavy atom. The SMILES string of the molecule is Cc1ccc([N+](=O)[O-])c(NC(CN)C2CC2)n1. The number of aromatic nitrogens is 1. The second kappa shape index (κ2) is 4.67. The molecule has 0 aromatic carbocycles. The number of nitro groups is 1. The van der Waals surface area contributed by atoms with E-state index >= 15 is 0 Å². The van der Waals surface area contributed by atoms with E-state index in [4.69, 9.17) is 5.73 Å². The van der Waals surface area contributed by atoms with E-state index in [2.05, 4.69) is 10.3 Å². The van der Waals surface area contributed by atoms with Gasteiger partial charge in [0.25, 0.3) is 0 Å². The second-order valence-corrected chi connectivity index (χ2v) is 4.40. The van der Waals surface area contributed by atoms with Crippen molar-refractivity contribution < 1.29 is 4.92 Å². The molecule has 1 heterocycles. The summed E-state index contributed by atoms with van der Waals surface area (Å²) in [6.07, 6.45) is 2.27. The Kier molecular flexibility index (Phi) is 3.23. The summed E-state index contributed by atoms with van der Waals surface area (Å²) < 4.78 is 0. The Morgan fingerprint density at radius 2 is 2.35 bits per heavy atom. The van der Waals surface area contributed by atoms with Crippen molar-refractivity contribution in [2.45, 2.75) is 25.8 Å². The van der Waals surface area contributed by atoms with Crippen molar-refractivity contribution in [2.24, 2.45) is 11.7 Å². The Labute approximate surface area is 99.4 Å². The lowest BCUT2D eigenvalue weighted by atomic mass is 10.2. The van der Waals surface area contributed by atoms with E-state index in [0.29, 0.717) is 18.3 Å². The van der Waals surface area contributed by atoms with E-state index in [1.165, 1.54) is 6.07 Å². The molecule has 1 fully saturated rings. The Hall–Kier alpha value is -1.69. The summed E-state index contributed by atoms with van der Waals surface area (Å²) in [6, 6.07) is 3.20. The molecule has 3 N–H and O–H groups in total. The molecule has 92 valence electrons. The molecule has 1 atom stereocenters. The smallest absolute Gasteiger partial charge is 0.311 e. The van der Waals surface area contributed by atoms with Crippen LogP contribution in [0.3, 0.4) is 0 Å². The van der Waals surface area contributed by atoms with Gasteiger partial charge in [-0.3, -0.25) is 10.1 Å². The summed E-state index contributed by atoms with van der Waals surface area (Å²) in [5, 5.41) is 14.0. The molecule has 0 amide bonds. The first kappa shape index (κ1) is 11.8. The summed E-state index contributed by atoms with van der Waals surface area (Å²) in [7, 11) is 0. The van der Waals surface area contributed by atoms with Crippen molar-refractivity contribution >= 4 is 11.5 Å². The van der Waals surface area contributed by atoms with Gasteiger partial charge in [-0.05, 0) is 31.7 Å². The first-order chi connectivity index (χ1) is 8.11. The van der Waals surface area contributed by atoms with Gasteiger partial charge in [0.05, 0.1) is 4.92 Å². The summed E-state index contributed by atoms with van der Waals surface area (Å²) in [5.41, 5.74) is 6.43. The molecule has 6 heteroatoms. The zero-order valence-electron chi connectivity index (χ0n) is 9.72. The van der Waals surface area contributed by atoms with Crippen LogP contribution >= 0.6 is 0 Å². The van der Waals surface area contributed by atoms with Crippen LogP contribution in [0.2, 0.25) is 0 Å². The average Bonchev–Trinajstić information content (AvgIpc) is 3.09. The van der Waals surface area contributed by atoms with Gasteiger partial charge in [-0.15, -0.1) is 0 Å². The summed E-state index contributed by atoms with van der Waals surface area (Å²) in [4.78, 5) is 14.6. The zero-order chi connectivity index (χ0) is 12.4. The third-order valence-corrected chi connectivity index (χ3v) is 2.98. The van der Waals surface area contributed by atoms with Crippen molar-refractivity contribution in [3.63, 3.8) is 0 Å². The van der Waals surface area contributed by atoms with E-state index in [-0.39, 0.29) is 11.7 Å². The largest absolute Gasteiger partial charge is 0.360 e. The fourth-order valence-corrected chi connectivity index (χ4v) is 1.85. The number of hydrogen-bond donors (Lipinski definition) is 2. The zero-order valence-corrected chi connectivity index (χ0v) is 9.72. The molecule has 0 saturated heterocycles. The molecule has 17 heavy (non-hydrogen) atoms. The monoisotopic (exact) mass is 236 g/mol. The van der Waals surface area contributed by atoms with Crippen molar-refractivity contribution in [1.29, 1.82) is 0 Å². The minimum atomic E-state index is -0.421. The van der Waals surface area contributed by atoms with Crippen molar-refractivity contribution in [3.8, 4) is 0 Å². The van der Waals surface area contributed by atoms with Gasteiger partial charge in [0.2, 0.25) is 5.82 Å². The Morgan fingerprint density at radius 3 is 2.88 bits per heavy atom. The highest BCUT2D eigenvalue weighted by Gasteiger charge is 2.31. The molecule has 1 aliphatic rings. The van der Waals surface area contributed by atoms with Gasteiger partial charge in [-0.25, -0.2) is 4.98 Å². The number of nitrogens with two attached hydrogens (primary N) is 1. The Bertz CT molecular complexity index is 431. The molecular formula is C11H16N4O2. The number of anilines is 1. The fraction of sp³-hybridized carbons (Fsp3) is 0.545. The van der Waals surface area contributed by atoms with Crippen LogP contribution in [0.1, 0.15) is 18.5 Å². The quantitative estimate of drug-likeness (QED) is 0.596. The van der Waals surface area contributed by atoms with Crippen molar-refractivity contribution in [1.82, 2.24) is 4.98 Å². The molecule has 0 bridgehead atoms. The molecule has 1 aromatic heterocycles. The summed E-state index contributed by atoms with van der Waals surface area (Å²) in [5.74, 6) is 0.860. The van der Waals surface area contributed by atoms with Crippen LogP contribution in [0.15, 0.2) is 12.1 Å². The molecule has 1 aromatic rings. The summed E-state index contributed by atoms with van der Waals surface area (Å²) >= 11 is 0. The molecule has 1 saturated carbocycles. The van der Waals surface area contributed by atoms with Gasteiger partial charge in [0.15, 0.2) is 0 Å². The maximum atomic E-state index is 10.9. The standard InChI is InChI=1S/C11H16N4O2/c1-7-2-5-10(15(16)17)11(13-7)14-9(6-12)8-3-4-8/h2,5,8-9H,3-4,6,12H2,1H3,(H,13,14). The van der Waals surface area contributed by atoms with Crippen molar-refractivity contribution in [2.75, 3.05) is 11.9 Å². The van der Waals surface area contributed by atoms with E-state index in [1.54, 1.807) is 6.07 Å².